The van der Waals surface area contributed by atoms with Crippen molar-refractivity contribution in [1.29, 1.82) is 0 Å². The molecule has 168 valence electrons. The van der Waals surface area contributed by atoms with Crippen molar-refractivity contribution in [3.05, 3.63) is 65.4 Å². The molecule has 2 aromatic heterocycles. The monoisotopic (exact) mass is 472 g/mol. The largest absolute Gasteiger partial charge is 0.353 e. The van der Waals surface area contributed by atoms with E-state index in [1.54, 1.807) is 36.5 Å². The molecule has 0 spiro atoms. The third kappa shape index (κ3) is 4.86. The van der Waals surface area contributed by atoms with Gasteiger partial charge >= 0.3 is 0 Å². The summed E-state index contributed by atoms with van der Waals surface area (Å²) in [6.07, 6.45) is 4.40. The van der Waals surface area contributed by atoms with E-state index in [-0.39, 0.29) is 4.90 Å². The van der Waals surface area contributed by atoms with Gasteiger partial charge in [0.15, 0.2) is 0 Å². The van der Waals surface area contributed by atoms with Crippen LogP contribution in [-0.2, 0) is 10.0 Å². The van der Waals surface area contributed by atoms with Gasteiger partial charge in [-0.05, 0) is 48.7 Å². The molecule has 8 nitrogen and oxygen atoms in total. The molecule has 1 saturated heterocycles. The summed E-state index contributed by atoms with van der Waals surface area (Å²) >= 11 is 6.35. The van der Waals surface area contributed by atoms with Crippen molar-refractivity contribution in [2.24, 2.45) is 0 Å². The fourth-order valence-electron chi connectivity index (χ4n) is 3.58. The average molecular weight is 473 g/mol. The van der Waals surface area contributed by atoms with Crippen LogP contribution in [0.5, 0.6) is 0 Å². The molecule has 1 aliphatic heterocycles. The lowest BCUT2D eigenvalue weighted by atomic mass is 10.00. The van der Waals surface area contributed by atoms with Gasteiger partial charge in [0.2, 0.25) is 10.0 Å². The zero-order valence-electron chi connectivity index (χ0n) is 17.8. The molecule has 1 unspecified atom stereocenters. The van der Waals surface area contributed by atoms with Crippen molar-refractivity contribution in [2.75, 3.05) is 37.8 Å². The zero-order valence-corrected chi connectivity index (χ0v) is 19.4. The molecule has 1 aliphatic rings. The first-order valence-corrected chi connectivity index (χ1v) is 12.0. The number of anilines is 4. The lowest BCUT2D eigenvalue weighted by molar-refractivity contribution is 0.521. The minimum atomic E-state index is -3.63. The van der Waals surface area contributed by atoms with Crippen molar-refractivity contribution in [1.82, 2.24) is 19.6 Å². The van der Waals surface area contributed by atoms with Gasteiger partial charge in [0.05, 0.1) is 22.6 Å². The number of sulfonamides is 1. The van der Waals surface area contributed by atoms with Crippen molar-refractivity contribution in [3.8, 4) is 0 Å². The Labute approximate surface area is 193 Å². The van der Waals surface area contributed by atoms with Crippen molar-refractivity contribution in [3.63, 3.8) is 0 Å². The SMILES string of the molecule is CN(C)S(=O)(=O)c1ccccc1Nc1cc(Nc2cc(C3CCNC3)ccn2)ncc1Cl. The standard InChI is InChI=1S/C22H25ClN6O2S/c1-29(2)32(30,31)20-6-4-3-5-18(20)27-19-12-22(26-14-17(19)23)28-21-11-15(8-10-25-21)16-7-9-24-13-16/h3-6,8,10-12,14,16,24H,7,9,13H2,1-2H3,(H2,25,26,27,28). The Hall–Kier alpha value is -2.72. The van der Waals surface area contributed by atoms with Crippen LogP contribution in [0.4, 0.5) is 23.0 Å². The Morgan fingerprint density at radius 3 is 2.59 bits per heavy atom. The Morgan fingerprint density at radius 1 is 1.06 bits per heavy atom. The molecule has 1 fully saturated rings. The van der Waals surface area contributed by atoms with Crippen LogP contribution < -0.4 is 16.0 Å². The quantitative estimate of drug-likeness (QED) is 0.478. The number of halogens is 1. The summed E-state index contributed by atoms with van der Waals surface area (Å²) in [6.45, 7) is 1.99. The zero-order chi connectivity index (χ0) is 22.7. The molecule has 3 aromatic rings. The van der Waals surface area contributed by atoms with Crippen LogP contribution in [0.1, 0.15) is 17.9 Å². The second-order valence-electron chi connectivity index (χ2n) is 7.75. The molecular weight excluding hydrogens is 448 g/mol. The van der Waals surface area contributed by atoms with E-state index in [1.807, 2.05) is 12.1 Å². The fourth-order valence-corrected chi connectivity index (χ4v) is 4.77. The van der Waals surface area contributed by atoms with Crippen LogP contribution in [-0.4, -0.2) is 49.9 Å². The average Bonchev–Trinajstić information content (AvgIpc) is 3.31. The van der Waals surface area contributed by atoms with E-state index >= 15 is 0 Å². The highest BCUT2D eigenvalue weighted by molar-refractivity contribution is 7.89. The summed E-state index contributed by atoms with van der Waals surface area (Å²) in [4.78, 5) is 8.90. The van der Waals surface area contributed by atoms with E-state index in [9.17, 15) is 8.42 Å². The maximum absolute atomic E-state index is 12.7. The highest BCUT2D eigenvalue weighted by Gasteiger charge is 2.21. The van der Waals surface area contributed by atoms with Crippen molar-refractivity contribution in [2.45, 2.75) is 17.2 Å². The number of hydrogen-bond acceptors (Lipinski definition) is 7. The molecule has 1 aromatic carbocycles. The predicted octanol–water partition coefficient (Wildman–Crippen LogP) is 3.94. The maximum Gasteiger partial charge on any atom is 0.244 e. The van der Waals surface area contributed by atoms with Crippen LogP contribution in [0, 0.1) is 0 Å². The first-order valence-electron chi connectivity index (χ1n) is 10.2. The maximum atomic E-state index is 12.7. The molecule has 10 heteroatoms. The minimum Gasteiger partial charge on any atom is -0.353 e. The lowest BCUT2D eigenvalue weighted by Crippen LogP contribution is -2.23. The normalized spacial score (nSPS) is 16.3. The smallest absolute Gasteiger partial charge is 0.244 e. The number of nitrogens with zero attached hydrogens (tertiary/aromatic N) is 3. The van der Waals surface area contributed by atoms with Gasteiger partial charge in [-0.1, -0.05) is 23.7 Å². The number of benzene rings is 1. The van der Waals surface area contributed by atoms with Crippen LogP contribution in [0.2, 0.25) is 5.02 Å². The number of pyridine rings is 2. The Balaban J connectivity index is 1.59. The highest BCUT2D eigenvalue weighted by Crippen LogP contribution is 2.32. The van der Waals surface area contributed by atoms with Gasteiger partial charge in [-0.15, -0.1) is 0 Å². The highest BCUT2D eigenvalue weighted by atomic mass is 35.5. The van der Waals surface area contributed by atoms with Crippen LogP contribution in [0.15, 0.2) is 59.8 Å². The summed E-state index contributed by atoms with van der Waals surface area (Å²) in [7, 11) is -0.638. The lowest BCUT2D eigenvalue weighted by Gasteiger charge is -2.17. The molecule has 0 saturated carbocycles. The minimum absolute atomic E-state index is 0.159. The molecule has 0 bridgehead atoms. The van der Waals surface area contributed by atoms with E-state index in [2.05, 4.69) is 25.9 Å². The Kier molecular flexibility index (Phi) is 6.61. The van der Waals surface area contributed by atoms with E-state index in [0.717, 1.165) is 19.5 Å². The number of hydrogen-bond donors (Lipinski definition) is 3. The van der Waals surface area contributed by atoms with Gasteiger partial charge in [0.1, 0.15) is 16.5 Å². The van der Waals surface area contributed by atoms with Gasteiger partial charge in [0, 0.05) is 32.9 Å². The second kappa shape index (κ2) is 9.41. The molecule has 4 rings (SSSR count). The summed E-state index contributed by atoms with van der Waals surface area (Å²) in [5, 5.41) is 10.1. The van der Waals surface area contributed by atoms with Crippen LogP contribution >= 0.6 is 11.6 Å². The number of nitrogens with one attached hydrogen (secondary N) is 3. The van der Waals surface area contributed by atoms with Gasteiger partial charge < -0.3 is 16.0 Å². The Morgan fingerprint density at radius 2 is 1.84 bits per heavy atom. The van der Waals surface area contributed by atoms with Gasteiger partial charge in [0.25, 0.3) is 0 Å². The van der Waals surface area contributed by atoms with E-state index in [0.29, 0.717) is 34.0 Å². The molecule has 3 N–H and O–H groups in total. The van der Waals surface area contributed by atoms with E-state index < -0.39 is 10.0 Å². The third-order valence-electron chi connectivity index (χ3n) is 5.34. The second-order valence-corrected chi connectivity index (χ2v) is 10.3. The molecule has 3 heterocycles. The van der Waals surface area contributed by atoms with Crippen LogP contribution in [0.3, 0.4) is 0 Å². The summed E-state index contributed by atoms with van der Waals surface area (Å²) in [5.41, 5.74) is 2.18. The number of para-hydroxylation sites is 1. The van der Waals surface area contributed by atoms with Crippen molar-refractivity contribution >= 4 is 44.6 Å². The van der Waals surface area contributed by atoms with E-state index in [4.69, 9.17) is 11.6 Å². The number of rotatable bonds is 7. The van der Waals surface area contributed by atoms with Gasteiger partial charge in [-0.2, -0.15) is 0 Å². The molecule has 0 radical (unpaired) electrons. The Bertz CT molecular complexity index is 1210. The predicted molar refractivity (Wildman–Crippen MR) is 128 cm³/mol. The molecule has 0 amide bonds. The van der Waals surface area contributed by atoms with E-state index in [1.165, 1.54) is 30.2 Å². The fraction of sp³-hybridized carbons (Fsp3) is 0.273. The molecule has 1 atom stereocenters. The summed E-state index contributed by atoms with van der Waals surface area (Å²) in [5.74, 6) is 1.70. The molecule has 32 heavy (non-hydrogen) atoms. The number of aromatic nitrogens is 2. The first-order chi connectivity index (χ1) is 15.3. The third-order valence-corrected chi connectivity index (χ3v) is 7.52. The topological polar surface area (TPSA) is 99.2 Å². The first kappa shape index (κ1) is 22.5. The van der Waals surface area contributed by atoms with Gasteiger partial charge in [-0.25, -0.2) is 22.7 Å². The summed E-state index contributed by atoms with van der Waals surface area (Å²) < 4.78 is 26.6. The van der Waals surface area contributed by atoms with Gasteiger partial charge in [-0.3, -0.25) is 0 Å². The van der Waals surface area contributed by atoms with Crippen LogP contribution in [0.25, 0.3) is 0 Å². The van der Waals surface area contributed by atoms with Crippen molar-refractivity contribution < 1.29 is 8.42 Å². The summed E-state index contributed by atoms with van der Waals surface area (Å²) in [6, 6.07) is 12.5. The molecular formula is C22H25ClN6O2S. The molecule has 0 aliphatic carbocycles.